The summed E-state index contributed by atoms with van der Waals surface area (Å²) in [7, 11) is 0. The second-order valence-corrected chi connectivity index (χ2v) is 8.78. The minimum Gasteiger partial charge on any atom is -0.462 e. The summed E-state index contributed by atoms with van der Waals surface area (Å²) < 4.78 is 10.4. The zero-order valence-corrected chi connectivity index (χ0v) is 20.5. The molecule has 0 aliphatic carbocycles. The standard InChI is InChI=1S/C26H50O5/c1-3-5-7-9-11-12-13-14-15-17-19-21-26(29)31-24(22-27)23-30-25(28)20-18-16-10-8-6-4-2/h24,27H,3-23H2,1-2H3. The molecule has 0 radical (unpaired) electrons. The van der Waals surface area contributed by atoms with E-state index in [1.165, 1.54) is 70.6 Å². The van der Waals surface area contributed by atoms with Crippen LogP contribution in [0.4, 0.5) is 0 Å². The molecule has 31 heavy (non-hydrogen) atoms. The highest BCUT2D eigenvalue weighted by Gasteiger charge is 2.16. The first-order chi connectivity index (χ1) is 15.1. The minimum atomic E-state index is -0.756. The van der Waals surface area contributed by atoms with Gasteiger partial charge in [0.15, 0.2) is 6.10 Å². The molecule has 0 amide bonds. The molecule has 0 aliphatic rings. The van der Waals surface area contributed by atoms with Crippen LogP contribution in [0, 0.1) is 0 Å². The summed E-state index contributed by atoms with van der Waals surface area (Å²) in [5.41, 5.74) is 0. The maximum Gasteiger partial charge on any atom is 0.306 e. The molecule has 0 bridgehead atoms. The number of carbonyl (C=O) groups excluding carboxylic acids is 2. The van der Waals surface area contributed by atoms with Crippen LogP contribution in [0.2, 0.25) is 0 Å². The lowest BCUT2D eigenvalue weighted by molar-refractivity contribution is -0.161. The summed E-state index contributed by atoms with van der Waals surface area (Å²) in [4.78, 5) is 23.7. The lowest BCUT2D eigenvalue weighted by atomic mass is 10.1. The predicted octanol–water partition coefficient (Wildman–Crippen LogP) is 6.89. The molecule has 0 fully saturated rings. The zero-order valence-electron chi connectivity index (χ0n) is 20.5. The molecule has 0 saturated heterocycles. The van der Waals surface area contributed by atoms with Gasteiger partial charge in [0.25, 0.3) is 0 Å². The molecule has 0 aromatic rings. The number of carbonyl (C=O) groups is 2. The summed E-state index contributed by atoms with van der Waals surface area (Å²) in [5, 5.41) is 9.38. The fraction of sp³-hybridized carbons (Fsp3) is 0.923. The van der Waals surface area contributed by atoms with Crippen LogP contribution in [0.5, 0.6) is 0 Å². The van der Waals surface area contributed by atoms with Crippen LogP contribution in [-0.2, 0) is 19.1 Å². The second kappa shape index (κ2) is 23.6. The molecule has 0 aromatic carbocycles. The maximum absolute atomic E-state index is 11.9. The average Bonchev–Trinajstić information content (AvgIpc) is 2.77. The van der Waals surface area contributed by atoms with Crippen LogP contribution < -0.4 is 0 Å². The van der Waals surface area contributed by atoms with Gasteiger partial charge in [-0.3, -0.25) is 9.59 Å². The normalized spacial score (nSPS) is 12.0. The molecule has 0 aliphatic heterocycles. The first-order valence-electron chi connectivity index (χ1n) is 13.1. The summed E-state index contributed by atoms with van der Waals surface area (Å²) in [6.07, 6.45) is 20.2. The van der Waals surface area contributed by atoms with Gasteiger partial charge in [-0.15, -0.1) is 0 Å². The SMILES string of the molecule is CCCCCCCCCCCCCC(=O)OC(CO)COC(=O)CCCCCCCC. The van der Waals surface area contributed by atoms with Crippen molar-refractivity contribution in [1.82, 2.24) is 0 Å². The lowest BCUT2D eigenvalue weighted by Gasteiger charge is -2.15. The third kappa shape index (κ3) is 21.9. The van der Waals surface area contributed by atoms with E-state index in [1.54, 1.807) is 0 Å². The Morgan fingerprint density at radius 2 is 1.00 bits per heavy atom. The molecule has 0 spiro atoms. The van der Waals surface area contributed by atoms with Crippen molar-refractivity contribution >= 4 is 11.9 Å². The lowest BCUT2D eigenvalue weighted by Crippen LogP contribution is -2.28. The van der Waals surface area contributed by atoms with Crippen LogP contribution in [-0.4, -0.2) is 36.4 Å². The minimum absolute atomic E-state index is 0.0604. The fourth-order valence-corrected chi connectivity index (χ4v) is 3.61. The van der Waals surface area contributed by atoms with Crippen molar-refractivity contribution in [2.45, 2.75) is 142 Å². The zero-order chi connectivity index (χ0) is 23.0. The molecule has 1 atom stereocenters. The van der Waals surface area contributed by atoms with E-state index < -0.39 is 6.10 Å². The molecular weight excluding hydrogens is 392 g/mol. The highest BCUT2D eigenvalue weighted by Crippen LogP contribution is 2.12. The first-order valence-corrected chi connectivity index (χ1v) is 13.1. The second-order valence-electron chi connectivity index (χ2n) is 8.78. The third-order valence-electron chi connectivity index (χ3n) is 5.65. The Hall–Kier alpha value is -1.10. The Bertz CT molecular complexity index is 411. The third-order valence-corrected chi connectivity index (χ3v) is 5.65. The molecular formula is C26H50O5. The molecule has 184 valence electrons. The van der Waals surface area contributed by atoms with Gasteiger partial charge >= 0.3 is 11.9 Å². The van der Waals surface area contributed by atoms with Crippen molar-refractivity contribution in [1.29, 1.82) is 0 Å². The summed E-state index contributed by atoms with van der Waals surface area (Å²) in [6, 6.07) is 0. The number of hydrogen-bond donors (Lipinski definition) is 1. The number of ether oxygens (including phenoxy) is 2. The summed E-state index contributed by atoms with van der Waals surface area (Å²) >= 11 is 0. The van der Waals surface area contributed by atoms with Crippen LogP contribution in [0.15, 0.2) is 0 Å². The van der Waals surface area contributed by atoms with Gasteiger partial charge in [-0.25, -0.2) is 0 Å². The van der Waals surface area contributed by atoms with Crippen molar-refractivity contribution in [2.75, 3.05) is 13.2 Å². The Morgan fingerprint density at radius 3 is 1.42 bits per heavy atom. The van der Waals surface area contributed by atoms with Crippen molar-refractivity contribution in [3.05, 3.63) is 0 Å². The van der Waals surface area contributed by atoms with Crippen molar-refractivity contribution < 1.29 is 24.2 Å². The van der Waals surface area contributed by atoms with E-state index in [9.17, 15) is 14.7 Å². The van der Waals surface area contributed by atoms with E-state index in [2.05, 4.69) is 13.8 Å². The largest absolute Gasteiger partial charge is 0.462 e. The molecule has 0 saturated carbocycles. The van der Waals surface area contributed by atoms with Gasteiger partial charge in [0.05, 0.1) is 6.61 Å². The summed E-state index contributed by atoms with van der Waals surface area (Å²) in [5.74, 6) is -0.600. The maximum atomic E-state index is 11.9. The van der Waals surface area contributed by atoms with E-state index >= 15 is 0 Å². The smallest absolute Gasteiger partial charge is 0.306 e. The number of unbranched alkanes of at least 4 members (excludes halogenated alkanes) is 15. The predicted molar refractivity (Wildman–Crippen MR) is 127 cm³/mol. The number of aliphatic hydroxyl groups excluding tert-OH is 1. The number of rotatable bonds is 23. The molecule has 0 heterocycles. The summed E-state index contributed by atoms with van der Waals surface area (Å²) in [6.45, 7) is 4.04. The van der Waals surface area contributed by atoms with Gasteiger partial charge in [0.2, 0.25) is 0 Å². The van der Waals surface area contributed by atoms with Gasteiger partial charge in [0.1, 0.15) is 6.61 Å². The van der Waals surface area contributed by atoms with Crippen molar-refractivity contribution in [3.8, 4) is 0 Å². The van der Waals surface area contributed by atoms with E-state index in [1.807, 2.05) is 0 Å². The number of esters is 2. The van der Waals surface area contributed by atoms with Gasteiger partial charge in [-0.1, -0.05) is 110 Å². The molecule has 0 rings (SSSR count). The van der Waals surface area contributed by atoms with Gasteiger partial charge in [-0.05, 0) is 12.8 Å². The van der Waals surface area contributed by atoms with Crippen LogP contribution in [0.3, 0.4) is 0 Å². The van der Waals surface area contributed by atoms with Crippen molar-refractivity contribution in [3.63, 3.8) is 0 Å². The number of aliphatic hydroxyl groups is 1. The molecule has 1 N–H and O–H groups in total. The van der Waals surface area contributed by atoms with E-state index in [0.717, 1.165) is 38.5 Å². The van der Waals surface area contributed by atoms with Crippen LogP contribution in [0.1, 0.15) is 136 Å². The quantitative estimate of drug-likeness (QED) is 0.138. The molecule has 5 heteroatoms. The fourth-order valence-electron chi connectivity index (χ4n) is 3.61. The molecule has 1 unspecified atom stereocenters. The molecule has 5 nitrogen and oxygen atoms in total. The van der Waals surface area contributed by atoms with Crippen LogP contribution >= 0.6 is 0 Å². The number of hydrogen-bond acceptors (Lipinski definition) is 5. The van der Waals surface area contributed by atoms with E-state index in [4.69, 9.17) is 9.47 Å². The first kappa shape index (κ1) is 29.9. The van der Waals surface area contributed by atoms with Crippen LogP contribution in [0.25, 0.3) is 0 Å². The highest BCUT2D eigenvalue weighted by atomic mass is 16.6. The monoisotopic (exact) mass is 442 g/mol. The Labute approximate surface area is 191 Å². The van der Waals surface area contributed by atoms with E-state index in [-0.39, 0.29) is 25.2 Å². The van der Waals surface area contributed by atoms with E-state index in [0.29, 0.717) is 12.8 Å². The van der Waals surface area contributed by atoms with Gasteiger partial charge in [-0.2, -0.15) is 0 Å². The molecule has 0 aromatic heterocycles. The average molecular weight is 443 g/mol. The topological polar surface area (TPSA) is 72.8 Å². The van der Waals surface area contributed by atoms with Crippen molar-refractivity contribution in [2.24, 2.45) is 0 Å². The van der Waals surface area contributed by atoms with Gasteiger partial charge in [0, 0.05) is 12.8 Å². The Kier molecular flexibility index (Phi) is 22.7. The van der Waals surface area contributed by atoms with Gasteiger partial charge < -0.3 is 14.6 Å². The Balaban J connectivity index is 3.60. The highest BCUT2D eigenvalue weighted by molar-refractivity contribution is 5.70. The Morgan fingerprint density at radius 1 is 0.613 bits per heavy atom.